The summed E-state index contributed by atoms with van der Waals surface area (Å²) in [5.41, 5.74) is 4.25. The van der Waals surface area contributed by atoms with E-state index in [4.69, 9.17) is 9.97 Å². The molecule has 0 amide bonds. The summed E-state index contributed by atoms with van der Waals surface area (Å²) in [7, 11) is 0. The van der Waals surface area contributed by atoms with Gasteiger partial charge in [0.1, 0.15) is 17.5 Å². The van der Waals surface area contributed by atoms with Crippen LogP contribution in [0.15, 0.2) is 42.1 Å². The molecule has 6 nitrogen and oxygen atoms in total. The van der Waals surface area contributed by atoms with Crippen molar-refractivity contribution in [1.29, 1.82) is 0 Å². The highest BCUT2D eigenvalue weighted by Crippen LogP contribution is 2.44. The largest absolute Gasteiger partial charge is 0.363 e. The van der Waals surface area contributed by atoms with Crippen LogP contribution >= 0.6 is 11.8 Å². The first-order valence-corrected chi connectivity index (χ1v) is 17.8. The molecule has 6 heterocycles. The average Bonchev–Trinajstić information content (AvgIpc) is 3.03. The average molecular weight is 623 g/mol. The molecule has 1 aromatic heterocycles. The smallest absolute Gasteiger partial charge is 0.276 e. The number of aryl methyl sites for hydroxylation is 1. The Balaban J connectivity index is 1.35. The van der Waals surface area contributed by atoms with Gasteiger partial charge in [0, 0.05) is 36.3 Å². The second-order valence-electron chi connectivity index (χ2n) is 13.0. The Kier molecular flexibility index (Phi) is 9.93. The van der Waals surface area contributed by atoms with E-state index in [-0.39, 0.29) is 11.6 Å². The lowest BCUT2D eigenvalue weighted by Crippen LogP contribution is -2.40. The monoisotopic (exact) mass is 622 g/mol. The Morgan fingerprint density at radius 2 is 1.77 bits per heavy atom. The molecule has 5 aliphatic heterocycles. The van der Waals surface area contributed by atoms with Gasteiger partial charge in [0.2, 0.25) is 0 Å². The first-order chi connectivity index (χ1) is 21.3. The number of thioether (sulfide) groups is 1. The number of nitrogens with zero attached hydrogens (tertiary/aromatic N) is 4. The number of hydrogen-bond donors (Lipinski definition) is 2. The third-order valence-corrected chi connectivity index (χ3v) is 11.0. The van der Waals surface area contributed by atoms with Gasteiger partial charge in [0.25, 0.3) is 5.92 Å². The molecule has 0 radical (unpaired) electrons. The molecular weight excluding hydrogens is 574 g/mol. The van der Waals surface area contributed by atoms with Gasteiger partial charge in [0.05, 0.1) is 5.56 Å². The van der Waals surface area contributed by atoms with E-state index in [0.717, 1.165) is 111 Å². The van der Waals surface area contributed by atoms with Crippen molar-refractivity contribution < 1.29 is 8.78 Å². The van der Waals surface area contributed by atoms with Crippen LogP contribution in [0.2, 0.25) is 0 Å². The predicted octanol–water partition coefficient (Wildman–Crippen LogP) is 7.40. The number of rotatable bonds is 1. The highest BCUT2D eigenvalue weighted by atomic mass is 32.2. The van der Waals surface area contributed by atoms with Crippen LogP contribution in [0.4, 0.5) is 20.4 Å². The first-order valence-electron chi connectivity index (χ1n) is 16.6. The van der Waals surface area contributed by atoms with Crippen LogP contribution in [0.1, 0.15) is 80.4 Å². The van der Waals surface area contributed by atoms with Crippen molar-refractivity contribution in [1.82, 2.24) is 20.2 Å². The van der Waals surface area contributed by atoms with E-state index in [0.29, 0.717) is 24.6 Å². The van der Waals surface area contributed by atoms with Gasteiger partial charge in [-0.05, 0) is 119 Å². The standard InChI is InChI=1S/C35H48F2N6S/c1-24-28-8-7-9-30(22-28)35(36,37)29-10-17-42(18-11-29)16-6-4-5-14-38-15-19-43-25(2)31(27-12-20-44-21-13-27)23-32-33(39-24)40-26(3)41-34(32)43/h7-9,22-24,27,29,38H,2,4-6,10-21H2,1,3H3,(H,39,40,41)/t24-/m1/s1. The quantitative estimate of drug-likeness (QED) is 0.344. The molecule has 2 aromatic rings. The van der Waals surface area contributed by atoms with Crippen LogP contribution in [-0.4, -0.2) is 65.6 Å². The van der Waals surface area contributed by atoms with Crippen LogP contribution in [0.5, 0.6) is 0 Å². The van der Waals surface area contributed by atoms with Crippen LogP contribution in [0.25, 0.3) is 6.08 Å². The SMILES string of the molecule is C=C1C(C2CCSCC2)=Cc2c3nc(C)nc2N1CCNCCCCCN1CCC(CC1)C(F)(F)c1cccc(c1)[C@@H](C)N3. The summed E-state index contributed by atoms with van der Waals surface area (Å²) in [5, 5.41) is 7.28. The van der Waals surface area contributed by atoms with Crippen molar-refractivity contribution in [3.63, 3.8) is 0 Å². The van der Waals surface area contributed by atoms with Gasteiger partial charge < -0.3 is 20.4 Å². The van der Waals surface area contributed by atoms with Gasteiger partial charge in [-0.1, -0.05) is 31.2 Å². The van der Waals surface area contributed by atoms with Crippen molar-refractivity contribution >= 4 is 29.5 Å². The van der Waals surface area contributed by atoms with E-state index in [1.54, 1.807) is 18.2 Å². The molecule has 5 aliphatic rings. The van der Waals surface area contributed by atoms with Gasteiger partial charge in [-0.25, -0.2) is 18.7 Å². The second kappa shape index (κ2) is 13.9. The summed E-state index contributed by atoms with van der Waals surface area (Å²) in [4.78, 5) is 14.5. The van der Waals surface area contributed by atoms with Crippen LogP contribution in [0.3, 0.4) is 0 Å². The molecule has 1 atom stereocenters. The predicted molar refractivity (Wildman–Crippen MR) is 180 cm³/mol. The lowest BCUT2D eigenvalue weighted by Gasteiger charge is -2.37. The van der Waals surface area contributed by atoms with Gasteiger partial charge in [-0.3, -0.25) is 0 Å². The molecular formula is C35H48F2N6S. The number of alkyl halides is 2. The van der Waals surface area contributed by atoms with Crippen molar-refractivity contribution in [2.75, 3.05) is 61.0 Å². The van der Waals surface area contributed by atoms with Gasteiger partial charge in [-0.2, -0.15) is 11.8 Å². The Labute approximate surface area is 266 Å². The number of halogens is 2. The van der Waals surface area contributed by atoms with E-state index in [9.17, 15) is 0 Å². The maximum atomic E-state index is 15.9. The molecule has 7 rings (SSSR count). The summed E-state index contributed by atoms with van der Waals surface area (Å²) in [6, 6.07) is 6.82. The Bertz CT molecular complexity index is 1350. The van der Waals surface area contributed by atoms with E-state index in [1.807, 2.05) is 31.7 Å². The number of hydrogen-bond acceptors (Lipinski definition) is 7. The molecule has 0 aliphatic carbocycles. The van der Waals surface area contributed by atoms with E-state index in [1.165, 1.54) is 5.57 Å². The number of aromatic nitrogens is 2. The molecule has 238 valence electrons. The Morgan fingerprint density at radius 1 is 0.977 bits per heavy atom. The van der Waals surface area contributed by atoms with Gasteiger partial charge in [0.15, 0.2) is 0 Å². The molecule has 0 saturated carbocycles. The Hall–Kier alpha value is -2.49. The molecule has 1 aromatic carbocycles. The second-order valence-corrected chi connectivity index (χ2v) is 14.2. The minimum atomic E-state index is -2.86. The maximum Gasteiger partial charge on any atom is 0.276 e. The van der Waals surface area contributed by atoms with E-state index >= 15 is 8.78 Å². The normalized spacial score (nSPS) is 27.1. The third kappa shape index (κ3) is 6.85. The number of fused-ring (bicyclic) bond motifs is 10. The molecule has 0 unspecified atom stereocenters. The van der Waals surface area contributed by atoms with Crippen molar-refractivity contribution in [3.8, 4) is 0 Å². The topological polar surface area (TPSA) is 56.3 Å². The molecule has 9 heteroatoms. The zero-order valence-corrected chi connectivity index (χ0v) is 27.2. The zero-order chi connectivity index (χ0) is 30.7. The van der Waals surface area contributed by atoms with E-state index < -0.39 is 11.8 Å². The molecule has 2 saturated heterocycles. The summed E-state index contributed by atoms with van der Waals surface area (Å²) in [5.74, 6) is 1.60. The summed E-state index contributed by atoms with van der Waals surface area (Å²) < 4.78 is 31.8. The highest BCUT2D eigenvalue weighted by Gasteiger charge is 2.43. The number of piperidine rings is 1. The fraction of sp³-hybridized carbons (Fsp3) is 0.600. The van der Waals surface area contributed by atoms with Crippen molar-refractivity contribution in [2.45, 2.75) is 70.8 Å². The van der Waals surface area contributed by atoms with Crippen molar-refractivity contribution in [2.24, 2.45) is 11.8 Å². The zero-order valence-electron chi connectivity index (χ0n) is 26.4. The maximum absolute atomic E-state index is 15.9. The molecule has 2 N–H and O–H groups in total. The fourth-order valence-electron chi connectivity index (χ4n) is 7.28. The van der Waals surface area contributed by atoms with Crippen LogP contribution in [0, 0.1) is 18.8 Å². The van der Waals surface area contributed by atoms with Crippen LogP contribution < -0.4 is 15.5 Å². The Morgan fingerprint density at radius 3 is 2.57 bits per heavy atom. The number of benzene rings is 1. The fourth-order valence-corrected chi connectivity index (χ4v) is 8.38. The first kappa shape index (κ1) is 31.5. The molecule has 2 fully saturated rings. The minimum absolute atomic E-state index is 0.123. The minimum Gasteiger partial charge on any atom is -0.363 e. The third-order valence-electron chi connectivity index (χ3n) is 9.98. The summed E-state index contributed by atoms with van der Waals surface area (Å²) in [6.45, 7) is 13.7. The van der Waals surface area contributed by atoms with Crippen molar-refractivity contribution in [3.05, 3.63) is 64.6 Å². The summed E-state index contributed by atoms with van der Waals surface area (Å²) >= 11 is 2.03. The highest BCUT2D eigenvalue weighted by molar-refractivity contribution is 7.99. The molecule has 8 bridgehead atoms. The van der Waals surface area contributed by atoms with Crippen LogP contribution in [-0.2, 0) is 5.92 Å². The van der Waals surface area contributed by atoms with Gasteiger partial charge in [-0.15, -0.1) is 0 Å². The summed E-state index contributed by atoms with van der Waals surface area (Å²) in [6.07, 6.45) is 8.97. The number of nitrogens with one attached hydrogen (secondary N) is 2. The van der Waals surface area contributed by atoms with E-state index in [2.05, 4.69) is 33.1 Å². The molecule has 0 spiro atoms. The number of allylic oxidation sites excluding steroid dienone is 1. The lowest BCUT2D eigenvalue weighted by molar-refractivity contribution is -0.0855. The number of anilines is 2. The lowest BCUT2D eigenvalue weighted by atomic mass is 9.85. The molecule has 44 heavy (non-hydrogen) atoms. The van der Waals surface area contributed by atoms with Gasteiger partial charge >= 0.3 is 0 Å².